The van der Waals surface area contributed by atoms with Gasteiger partial charge < -0.3 is 10.5 Å². The Labute approximate surface area is 85.8 Å². The molecule has 0 atom stereocenters. The highest BCUT2D eigenvalue weighted by molar-refractivity contribution is 6.00. The van der Waals surface area contributed by atoms with Crippen LogP contribution in [0.1, 0.15) is 22.8 Å². The van der Waals surface area contributed by atoms with Crippen LogP contribution in [0.25, 0.3) is 0 Å². The lowest BCUT2D eigenvalue weighted by atomic mass is 10.1. The molecule has 3 nitrogen and oxygen atoms in total. The molecule has 82 valence electrons. The largest absolute Gasteiger partial charge is 0.432 e. The van der Waals surface area contributed by atoms with Crippen LogP contribution in [0.4, 0.5) is 14.5 Å². The highest BCUT2D eigenvalue weighted by Gasteiger charge is 2.15. The van der Waals surface area contributed by atoms with Gasteiger partial charge in [0.05, 0.1) is 5.69 Å². The lowest BCUT2D eigenvalue weighted by molar-refractivity contribution is -0.0498. The molecule has 5 heteroatoms. The van der Waals surface area contributed by atoms with Crippen molar-refractivity contribution in [1.82, 2.24) is 0 Å². The Bertz CT molecular complexity index is 391. The lowest BCUT2D eigenvalue weighted by Crippen LogP contribution is -2.09. The summed E-state index contributed by atoms with van der Waals surface area (Å²) in [6.07, 6.45) is 0. The minimum atomic E-state index is -2.95. The SMILES string of the molecule is CC(=O)c1ccc(C)c(OC(F)F)c1N. The summed E-state index contributed by atoms with van der Waals surface area (Å²) >= 11 is 0. The molecule has 0 radical (unpaired) electrons. The minimum absolute atomic E-state index is 0.0391. The smallest absolute Gasteiger partial charge is 0.387 e. The van der Waals surface area contributed by atoms with Crippen LogP contribution in [0.2, 0.25) is 0 Å². The molecule has 0 aliphatic rings. The molecule has 0 unspecified atom stereocenters. The number of nitrogen functional groups attached to an aromatic ring is 1. The quantitative estimate of drug-likeness (QED) is 0.622. The third-order valence-corrected chi connectivity index (χ3v) is 1.98. The van der Waals surface area contributed by atoms with Gasteiger partial charge in [0.25, 0.3) is 0 Å². The van der Waals surface area contributed by atoms with E-state index >= 15 is 0 Å². The lowest BCUT2D eigenvalue weighted by Gasteiger charge is -2.12. The second-order valence-electron chi connectivity index (χ2n) is 3.11. The second-order valence-corrected chi connectivity index (χ2v) is 3.11. The third-order valence-electron chi connectivity index (χ3n) is 1.98. The maximum atomic E-state index is 12.1. The van der Waals surface area contributed by atoms with E-state index in [4.69, 9.17) is 5.73 Å². The Kier molecular flexibility index (Phi) is 3.24. The Balaban J connectivity index is 3.24. The number of hydrogen-bond donors (Lipinski definition) is 1. The molecular formula is C10H11F2NO2. The number of rotatable bonds is 3. The number of ether oxygens (including phenoxy) is 1. The molecule has 0 fully saturated rings. The molecule has 0 aliphatic heterocycles. The van der Waals surface area contributed by atoms with E-state index in [-0.39, 0.29) is 22.8 Å². The average Bonchev–Trinajstić information content (AvgIpc) is 2.11. The van der Waals surface area contributed by atoms with Crippen LogP contribution in [0.5, 0.6) is 5.75 Å². The summed E-state index contributed by atoms with van der Waals surface area (Å²) in [5.41, 5.74) is 6.18. The van der Waals surface area contributed by atoms with Gasteiger partial charge in [0.15, 0.2) is 11.5 Å². The van der Waals surface area contributed by atoms with Crippen molar-refractivity contribution in [1.29, 1.82) is 0 Å². The normalized spacial score (nSPS) is 10.5. The second kappa shape index (κ2) is 4.25. The van der Waals surface area contributed by atoms with E-state index in [1.54, 1.807) is 6.92 Å². The highest BCUT2D eigenvalue weighted by atomic mass is 19.3. The van der Waals surface area contributed by atoms with E-state index < -0.39 is 6.61 Å². The molecular weight excluding hydrogens is 204 g/mol. The van der Waals surface area contributed by atoms with E-state index in [9.17, 15) is 13.6 Å². The maximum absolute atomic E-state index is 12.1. The number of halogens is 2. The summed E-state index contributed by atoms with van der Waals surface area (Å²) in [5, 5.41) is 0. The molecule has 0 spiro atoms. The maximum Gasteiger partial charge on any atom is 0.387 e. The van der Waals surface area contributed by atoms with Gasteiger partial charge in [0.2, 0.25) is 0 Å². The van der Waals surface area contributed by atoms with Crippen LogP contribution >= 0.6 is 0 Å². The standard InChI is InChI=1S/C10H11F2NO2/c1-5-3-4-7(6(2)14)8(13)9(5)15-10(11)12/h3-4,10H,13H2,1-2H3. The van der Waals surface area contributed by atoms with Gasteiger partial charge in [-0.15, -0.1) is 0 Å². The summed E-state index contributed by atoms with van der Waals surface area (Å²) in [4.78, 5) is 11.1. The molecule has 0 aromatic heterocycles. The van der Waals surface area contributed by atoms with Gasteiger partial charge in [-0.05, 0) is 25.5 Å². The summed E-state index contributed by atoms with van der Waals surface area (Å²) in [6, 6.07) is 3.01. The number of anilines is 1. The molecule has 2 N–H and O–H groups in total. The van der Waals surface area contributed by atoms with Crippen LogP contribution in [0.15, 0.2) is 12.1 Å². The molecule has 1 aromatic carbocycles. The predicted octanol–water partition coefficient (Wildman–Crippen LogP) is 2.38. The molecule has 0 saturated carbocycles. The summed E-state index contributed by atoms with van der Waals surface area (Å²) < 4.78 is 28.4. The van der Waals surface area contributed by atoms with Crippen LogP contribution < -0.4 is 10.5 Å². The van der Waals surface area contributed by atoms with E-state index in [2.05, 4.69) is 4.74 Å². The van der Waals surface area contributed by atoms with Gasteiger partial charge >= 0.3 is 6.61 Å². The Morgan fingerprint density at radius 1 is 1.47 bits per heavy atom. The van der Waals surface area contributed by atoms with E-state index in [1.807, 2.05) is 0 Å². The van der Waals surface area contributed by atoms with Crippen molar-refractivity contribution in [3.8, 4) is 5.75 Å². The van der Waals surface area contributed by atoms with Crippen LogP contribution in [-0.2, 0) is 0 Å². The fourth-order valence-corrected chi connectivity index (χ4v) is 1.26. The number of carbonyl (C=O) groups excluding carboxylic acids is 1. The summed E-state index contributed by atoms with van der Waals surface area (Å²) in [6.45, 7) is -0.0567. The molecule has 0 amide bonds. The van der Waals surface area contributed by atoms with Crippen molar-refractivity contribution < 1.29 is 18.3 Å². The number of alkyl halides is 2. The minimum Gasteiger partial charge on any atom is -0.432 e. The first-order valence-electron chi connectivity index (χ1n) is 4.28. The fraction of sp³-hybridized carbons (Fsp3) is 0.300. The van der Waals surface area contributed by atoms with Gasteiger partial charge in [-0.3, -0.25) is 4.79 Å². The number of Topliss-reactive ketones (excluding diaryl/α,β-unsaturated/α-hetero) is 1. The number of benzene rings is 1. The zero-order chi connectivity index (χ0) is 11.6. The van der Waals surface area contributed by atoms with Gasteiger partial charge in [-0.1, -0.05) is 6.07 Å². The Morgan fingerprint density at radius 2 is 2.07 bits per heavy atom. The van der Waals surface area contributed by atoms with Crippen LogP contribution in [0.3, 0.4) is 0 Å². The first kappa shape index (κ1) is 11.4. The van der Waals surface area contributed by atoms with E-state index in [1.165, 1.54) is 19.1 Å². The monoisotopic (exact) mass is 215 g/mol. The van der Waals surface area contributed by atoms with Crippen molar-refractivity contribution in [3.63, 3.8) is 0 Å². The van der Waals surface area contributed by atoms with Crippen molar-refractivity contribution in [2.45, 2.75) is 20.5 Å². The molecule has 0 saturated heterocycles. The molecule has 15 heavy (non-hydrogen) atoms. The third kappa shape index (κ3) is 2.43. The molecule has 0 bridgehead atoms. The topological polar surface area (TPSA) is 52.3 Å². The van der Waals surface area contributed by atoms with Crippen molar-refractivity contribution in [3.05, 3.63) is 23.3 Å². The predicted molar refractivity (Wildman–Crippen MR) is 52.2 cm³/mol. The number of hydrogen-bond acceptors (Lipinski definition) is 3. The zero-order valence-electron chi connectivity index (χ0n) is 8.38. The van der Waals surface area contributed by atoms with Gasteiger partial charge in [0, 0.05) is 5.56 Å². The molecule has 1 rings (SSSR count). The summed E-state index contributed by atoms with van der Waals surface area (Å²) in [7, 11) is 0. The first-order chi connectivity index (χ1) is 6.93. The van der Waals surface area contributed by atoms with Crippen LogP contribution in [0, 0.1) is 6.92 Å². The van der Waals surface area contributed by atoms with Crippen LogP contribution in [-0.4, -0.2) is 12.4 Å². The molecule has 0 aliphatic carbocycles. The summed E-state index contributed by atoms with van der Waals surface area (Å²) in [5.74, 6) is -0.413. The van der Waals surface area contributed by atoms with Gasteiger partial charge in [-0.2, -0.15) is 8.78 Å². The van der Waals surface area contributed by atoms with E-state index in [0.29, 0.717) is 5.56 Å². The number of aryl methyl sites for hydroxylation is 1. The Hall–Kier alpha value is -1.65. The number of ketones is 1. The average molecular weight is 215 g/mol. The number of carbonyl (C=O) groups is 1. The van der Waals surface area contributed by atoms with E-state index in [0.717, 1.165) is 0 Å². The van der Waals surface area contributed by atoms with Crippen molar-refractivity contribution in [2.75, 3.05) is 5.73 Å². The zero-order valence-corrected chi connectivity index (χ0v) is 8.38. The van der Waals surface area contributed by atoms with Crippen molar-refractivity contribution >= 4 is 11.5 Å². The van der Waals surface area contributed by atoms with Gasteiger partial charge in [0.1, 0.15) is 0 Å². The first-order valence-corrected chi connectivity index (χ1v) is 4.28. The molecule has 0 heterocycles. The van der Waals surface area contributed by atoms with Crippen molar-refractivity contribution in [2.24, 2.45) is 0 Å². The van der Waals surface area contributed by atoms with Gasteiger partial charge in [-0.25, -0.2) is 0 Å². The number of nitrogens with two attached hydrogens (primary N) is 1. The highest BCUT2D eigenvalue weighted by Crippen LogP contribution is 2.31. The molecule has 1 aromatic rings. The Morgan fingerprint density at radius 3 is 2.53 bits per heavy atom. The fourth-order valence-electron chi connectivity index (χ4n) is 1.26.